The van der Waals surface area contributed by atoms with Crippen molar-refractivity contribution in [3.63, 3.8) is 0 Å². The number of unbranched alkanes of at least 4 members (excludes halogenated alkanes) is 3. The third kappa shape index (κ3) is 6.69. The number of fused-ring (bicyclic) bond motifs is 3. The number of aromatic nitrogens is 1. The Morgan fingerprint density at radius 2 is 1.41 bits per heavy atom. The molecule has 0 saturated heterocycles. The molecule has 0 spiro atoms. The molecule has 0 aliphatic rings. The van der Waals surface area contributed by atoms with Crippen LogP contribution in [0.2, 0.25) is 0 Å². The van der Waals surface area contributed by atoms with Crippen LogP contribution in [0.15, 0.2) is 53.5 Å². The van der Waals surface area contributed by atoms with Crippen LogP contribution in [-0.4, -0.2) is 17.2 Å². The Balaban J connectivity index is 0.000000370. The van der Waals surface area contributed by atoms with E-state index in [2.05, 4.69) is 95.6 Å². The van der Waals surface area contributed by atoms with Crippen LogP contribution in [0.3, 0.4) is 0 Å². The molecule has 29 heavy (non-hydrogen) atoms. The molecule has 1 heterocycles. The Bertz CT molecular complexity index is 1030. The molecule has 0 saturated carbocycles. The highest BCUT2D eigenvalue weighted by Gasteiger charge is 2.07. The Morgan fingerprint density at radius 3 is 2.00 bits per heavy atom. The zero-order valence-electron chi connectivity index (χ0n) is 17.4. The number of hydrogen-bond acceptors (Lipinski definition) is 2. The van der Waals surface area contributed by atoms with Crippen LogP contribution < -0.4 is 0 Å². The van der Waals surface area contributed by atoms with Gasteiger partial charge in [-0.3, -0.25) is 0 Å². The normalized spacial score (nSPS) is 9.45. The number of carbonyl (C=O) groups excluding carboxylic acids is 1. The SMILES string of the molecule is CCCCC#CC#CCn1c2ccccc2c2ccccc21.CCCCN=C=O. The van der Waals surface area contributed by atoms with Crippen molar-refractivity contribution in [1.29, 1.82) is 0 Å². The van der Waals surface area contributed by atoms with Gasteiger partial charge in [-0.25, -0.2) is 9.79 Å². The van der Waals surface area contributed by atoms with Gasteiger partial charge in [0.2, 0.25) is 6.08 Å². The van der Waals surface area contributed by atoms with Crippen molar-refractivity contribution in [1.82, 2.24) is 4.57 Å². The predicted molar refractivity (Wildman–Crippen MR) is 122 cm³/mol. The first-order valence-electron chi connectivity index (χ1n) is 10.3. The number of rotatable bonds is 6. The maximum Gasteiger partial charge on any atom is 0.234 e. The highest BCUT2D eigenvalue weighted by molar-refractivity contribution is 6.08. The molecule has 0 amide bonds. The third-order valence-corrected chi connectivity index (χ3v) is 4.50. The second kappa shape index (κ2) is 13.0. The lowest BCUT2D eigenvalue weighted by atomic mass is 10.2. The summed E-state index contributed by atoms with van der Waals surface area (Å²) in [6.45, 7) is 5.55. The van der Waals surface area contributed by atoms with E-state index in [-0.39, 0.29) is 0 Å². The maximum atomic E-state index is 9.39. The van der Waals surface area contributed by atoms with Crippen molar-refractivity contribution >= 4 is 27.9 Å². The summed E-state index contributed by atoms with van der Waals surface area (Å²) in [6.07, 6.45) is 6.84. The number of para-hydroxylation sites is 2. The van der Waals surface area contributed by atoms with Crippen LogP contribution in [0.1, 0.15) is 46.0 Å². The summed E-state index contributed by atoms with van der Waals surface area (Å²) < 4.78 is 2.27. The molecule has 1 aromatic heterocycles. The standard InChI is InChI=1S/C21H19N.C5H9NO/c1-2-3-4-5-6-7-12-17-22-20-15-10-8-13-18(20)19-14-9-11-16-21(19)22;1-2-3-4-6-5-7/h8-11,13-16H,2-4,17H2,1H3;2-4H2,1H3. The van der Waals surface area contributed by atoms with Gasteiger partial charge < -0.3 is 4.57 Å². The number of benzene rings is 2. The fourth-order valence-electron chi connectivity index (χ4n) is 2.99. The number of isocyanates is 1. The monoisotopic (exact) mass is 384 g/mol. The van der Waals surface area contributed by atoms with E-state index in [4.69, 9.17) is 0 Å². The summed E-state index contributed by atoms with van der Waals surface area (Å²) in [5.74, 6) is 12.2. The molecular weight excluding hydrogens is 356 g/mol. The highest BCUT2D eigenvalue weighted by Crippen LogP contribution is 2.28. The molecule has 148 valence electrons. The fourth-order valence-corrected chi connectivity index (χ4v) is 2.99. The van der Waals surface area contributed by atoms with Gasteiger partial charge in [0.05, 0.1) is 13.1 Å². The molecule has 0 aliphatic heterocycles. The van der Waals surface area contributed by atoms with E-state index in [0.717, 1.165) is 25.7 Å². The van der Waals surface area contributed by atoms with E-state index >= 15 is 0 Å². The first-order chi connectivity index (χ1) is 14.3. The van der Waals surface area contributed by atoms with Crippen LogP contribution in [0.4, 0.5) is 0 Å². The van der Waals surface area contributed by atoms with Crippen LogP contribution in [-0.2, 0) is 11.3 Å². The average molecular weight is 385 g/mol. The average Bonchev–Trinajstić information content (AvgIpc) is 3.08. The van der Waals surface area contributed by atoms with Crippen molar-refractivity contribution in [2.75, 3.05) is 6.54 Å². The van der Waals surface area contributed by atoms with Crippen molar-refractivity contribution < 1.29 is 4.79 Å². The Labute approximate surface area is 173 Å². The number of aliphatic imine (C=N–C) groups is 1. The van der Waals surface area contributed by atoms with Gasteiger partial charge in [0.15, 0.2) is 0 Å². The lowest BCUT2D eigenvalue weighted by Gasteiger charge is -2.01. The van der Waals surface area contributed by atoms with E-state index in [9.17, 15) is 4.79 Å². The summed E-state index contributed by atoms with van der Waals surface area (Å²) in [6, 6.07) is 17.0. The molecule has 0 atom stereocenters. The van der Waals surface area contributed by atoms with Crippen molar-refractivity contribution in [2.24, 2.45) is 4.99 Å². The fraction of sp³-hybridized carbons (Fsp3) is 0.346. The van der Waals surface area contributed by atoms with Gasteiger partial charge in [-0.2, -0.15) is 0 Å². The maximum absolute atomic E-state index is 9.39. The summed E-state index contributed by atoms with van der Waals surface area (Å²) in [5.41, 5.74) is 2.47. The predicted octanol–water partition coefficient (Wildman–Crippen LogP) is 6.11. The molecule has 3 heteroatoms. The molecule has 2 aromatic carbocycles. The van der Waals surface area contributed by atoms with E-state index in [0.29, 0.717) is 13.1 Å². The Kier molecular flexibility index (Phi) is 9.88. The summed E-state index contributed by atoms with van der Waals surface area (Å²) in [4.78, 5) is 12.7. The zero-order chi connectivity index (χ0) is 20.7. The largest absolute Gasteiger partial charge is 0.329 e. The molecule has 0 bridgehead atoms. The topological polar surface area (TPSA) is 34.4 Å². The van der Waals surface area contributed by atoms with Gasteiger partial charge in [0, 0.05) is 28.2 Å². The lowest BCUT2D eigenvalue weighted by Crippen LogP contribution is -1.94. The first-order valence-corrected chi connectivity index (χ1v) is 10.3. The molecule has 0 radical (unpaired) electrons. The molecule has 0 aliphatic carbocycles. The Hall–Kier alpha value is -3.26. The molecular formula is C26H28N2O. The minimum atomic E-state index is 0.639. The molecule has 3 aromatic rings. The van der Waals surface area contributed by atoms with Gasteiger partial charge >= 0.3 is 0 Å². The van der Waals surface area contributed by atoms with E-state index in [1.54, 1.807) is 0 Å². The molecule has 3 rings (SSSR count). The number of nitrogens with zero attached hydrogens (tertiary/aromatic N) is 2. The lowest BCUT2D eigenvalue weighted by molar-refractivity contribution is 0.562. The first kappa shape index (κ1) is 22.0. The second-order valence-electron chi connectivity index (χ2n) is 6.65. The Morgan fingerprint density at radius 1 is 0.828 bits per heavy atom. The summed E-state index contributed by atoms with van der Waals surface area (Å²) >= 11 is 0. The molecule has 0 unspecified atom stereocenters. The quantitative estimate of drug-likeness (QED) is 0.218. The smallest absolute Gasteiger partial charge is 0.234 e. The van der Waals surface area contributed by atoms with Gasteiger partial charge in [0.1, 0.15) is 0 Å². The van der Waals surface area contributed by atoms with Gasteiger partial charge in [0.25, 0.3) is 0 Å². The van der Waals surface area contributed by atoms with Crippen LogP contribution in [0.5, 0.6) is 0 Å². The van der Waals surface area contributed by atoms with Gasteiger partial charge in [-0.1, -0.05) is 74.9 Å². The number of hydrogen-bond donors (Lipinski definition) is 0. The second-order valence-corrected chi connectivity index (χ2v) is 6.65. The van der Waals surface area contributed by atoms with Crippen LogP contribution in [0, 0.1) is 23.7 Å². The minimum Gasteiger partial charge on any atom is -0.329 e. The van der Waals surface area contributed by atoms with E-state index < -0.39 is 0 Å². The summed E-state index contributed by atoms with van der Waals surface area (Å²) in [5, 5.41) is 2.57. The van der Waals surface area contributed by atoms with Gasteiger partial charge in [-0.15, -0.1) is 0 Å². The van der Waals surface area contributed by atoms with Crippen LogP contribution in [0.25, 0.3) is 21.8 Å². The highest BCUT2D eigenvalue weighted by atomic mass is 16.1. The van der Waals surface area contributed by atoms with Gasteiger partial charge in [-0.05, 0) is 36.8 Å². The summed E-state index contributed by atoms with van der Waals surface area (Å²) in [7, 11) is 0. The van der Waals surface area contributed by atoms with E-state index in [1.807, 2.05) is 0 Å². The van der Waals surface area contributed by atoms with Crippen molar-refractivity contribution in [3.8, 4) is 23.7 Å². The minimum absolute atomic E-state index is 0.639. The molecule has 0 N–H and O–H groups in total. The zero-order valence-corrected chi connectivity index (χ0v) is 17.4. The van der Waals surface area contributed by atoms with Crippen LogP contribution >= 0.6 is 0 Å². The van der Waals surface area contributed by atoms with E-state index in [1.165, 1.54) is 34.3 Å². The molecule has 3 nitrogen and oxygen atoms in total. The van der Waals surface area contributed by atoms with Crippen molar-refractivity contribution in [3.05, 3.63) is 48.5 Å². The molecule has 0 fully saturated rings. The van der Waals surface area contributed by atoms with Crippen molar-refractivity contribution in [2.45, 2.75) is 52.5 Å². The third-order valence-electron chi connectivity index (χ3n) is 4.50.